The van der Waals surface area contributed by atoms with Crippen molar-refractivity contribution in [2.45, 2.75) is 71.1 Å². The number of hydrogen-bond donors (Lipinski definition) is 1. The maximum atomic E-state index is 12.4. The average Bonchev–Trinajstić information content (AvgIpc) is 2.99. The fourth-order valence-electron chi connectivity index (χ4n) is 3.72. The Morgan fingerprint density at radius 1 is 1.16 bits per heavy atom. The molecule has 4 heterocycles. The van der Waals surface area contributed by atoms with E-state index in [4.69, 9.17) is 0 Å². The molecule has 0 radical (unpaired) electrons. The first-order valence-electron chi connectivity index (χ1n) is 8.96. The molecule has 2 aliphatic rings. The van der Waals surface area contributed by atoms with E-state index in [1.807, 2.05) is 11.5 Å². The second-order valence-electron chi connectivity index (χ2n) is 6.90. The van der Waals surface area contributed by atoms with Crippen molar-refractivity contribution in [1.29, 1.82) is 0 Å². The third-order valence-electron chi connectivity index (χ3n) is 5.07. The van der Waals surface area contributed by atoms with Gasteiger partial charge in [0.1, 0.15) is 24.0 Å². The van der Waals surface area contributed by atoms with Crippen molar-refractivity contribution in [1.82, 2.24) is 34.4 Å². The summed E-state index contributed by atoms with van der Waals surface area (Å²) in [7, 11) is 0. The number of amides is 1. The third-order valence-corrected chi connectivity index (χ3v) is 5.07. The van der Waals surface area contributed by atoms with Crippen LogP contribution in [-0.4, -0.2) is 41.1 Å². The maximum Gasteiger partial charge on any atom is 0.346 e. The van der Waals surface area contributed by atoms with Gasteiger partial charge < -0.3 is 9.88 Å². The quantitative estimate of drug-likeness (QED) is 0.831. The smallest absolute Gasteiger partial charge is 0.346 e. The molecule has 2 aliphatic heterocycles. The zero-order chi connectivity index (χ0) is 17.4. The summed E-state index contributed by atoms with van der Waals surface area (Å²) in [5.41, 5.74) is -0.173. The van der Waals surface area contributed by atoms with Gasteiger partial charge in [0.25, 0.3) is 0 Å². The largest absolute Gasteiger partial charge is 0.350 e. The normalized spacial score (nSPS) is 19.8. The zero-order valence-corrected chi connectivity index (χ0v) is 14.4. The van der Waals surface area contributed by atoms with Crippen molar-refractivity contribution >= 4 is 5.91 Å². The predicted molar refractivity (Wildman–Crippen MR) is 89.1 cm³/mol. The van der Waals surface area contributed by atoms with E-state index in [9.17, 15) is 9.59 Å². The summed E-state index contributed by atoms with van der Waals surface area (Å²) >= 11 is 0. The van der Waals surface area contributed by atoms with Crippen molar-refractivity contribution < 1.29 is 4.79 Å². The molecule has 1 atom stereocenters. The van der Waals surface area contributed by atoms with Crippen LogP contribution in [0.25, 0.3) is 0 Å². The highest BCUT2D eigenvalue weighted by atomic mass is 16.2. The molecule has 0 saturated carbocycles. The van der Waals surface area contributed by atoms with E-state index in [1.54, 1.807) is 4.57 Å². The number of nitrogens with one attached hydrogen (secondary N) is 1. The summed E-state index contributed by atoms with van der Waals surface area (Å²) in [4.78, 5) is 24.8. The molecule has 0 aromatic carbocycles. The van der Waals surface area contributed by atoms with E-state index in [0.29, 0.717) is 13.1 Å². The minimum atomic E-state index is -0.173. The minimum absolute atomic E-state index is 0.0245. The van der Waals surface area contributed by atoms with Crippen LogP contribution in [0, 0.1) is 6.92 Å². The molecule has 0 unspecified atom stereocenters. The maximum absolute atomic E-state index is 12.4. The second-order valence-corrected chi connectivity index (χ2v) is 6.90. The number of hydrogen-bond acceptors (Lipinski definition) is 5. The van der Waals surface area contributed by atoms with Gasteiger partial charge in [-0.3, -0.25) is 9.36 Å². The van der Waals surface area contributed by atoms with E-state index in [2.05, 4.69) is 20.6 Å². The van der Waals surface area contributed by atoms with Crippen molar-refractivity contribution in [3.05, 3.63) is 28.0 Å². The van der Waals surface area contributed by atoms with Gasteiger partial charge in [0.2, 0.25) is 5.91 Å². The summed E-state index contributed by atoms with van der Waals surface area (Å²) in [6.07, 6.45) is 5.60. The van der Waals surface area contributed by atoms with Crippen LogP contribution in [-0.2, 0) is 37.3 Å². The molecule has 0 aliphatic carbocycles. The van der Waals surface area contributed by atoms with E-state index in [1.165, 1.54) is 4.68 Å². The first-order valence-corrected chi connectivity index (χ1v) is 8.96. The van der Waals surface area contributed by atoms with E-state index in [-0.39, 0.29) is 24.2 Å². The Morgan fingerprint density at radius 3 is 2.92 bits per heavy atom. The highest BCUT2D eigenvalue weighted by Crippen LogP contribution is 2.14. The number of carbonyl (C=O) groups excluding carboxylic acids is 1. The van der Waals surface area contributed by atoms with Gasteiger partial charge in [0.15, 0.2) is 0 Å². The Hall–Kier alpha value is -2.45. The molecule has 0 saturated heterocycles. The van der Waals surface area contributed by atoms with Gasteiger partial charge in [-0.05, 0) is 26.2 Å². The van der Waals surface area contributed by atoms with Crippen molar-refractivity contribution in [2.75, 3.05) is 0 Å². The fraction of sp³-hybridized carbons (Fsp3) is 0.688. The zero-order valence-electron chi connectivity index (χ0n) is 14.4. The van der Waals surface area contributed by atoms with Gasteiger partial charge in [0.05, 0.1) is 0 Å². The summed E-state index contributed by atoms with van der Waals surface area (Å²) in [5.74, 6) is 2.47. The lowest BCUT2D eigenvalue weighted by atomic mass is 10.1. The van der Waals surface area contributed by atoms with Gasteiger partial charge in [0, 0.05) is 32.0 Å². The Kier molecular flexibility index (Phi) is 4.14. The van der Waals surface area contributed by atoms with Gasteiger partial charge in [-0.25, -0.2) is 9.48 Å². The molecule has 0 spiro atoms. The minimum Gasteiger partial charge on any atom is -0.350 e. The Bertz CT molecular complexity index is 847. The Balaban J connectivity index is 1.42. The molecular formula is C16H23N7O2. The number of rotatable bonds is 3. The Morgan fingerprint density at radius 2 is 2.04 bits per heavy atom. The summed E-state index contributed by atoms with van der Waals surface area (Å²) in [5, 5.41) is 15.6. The van der Waals surface area contributed by atoms with Crippen molar-refractivity contribution in [2.24, 2.45) is 0 Å². The molecule has 1 N–H and O–H groups in total. The van der Waals surface area contributed by atoms with Crippen LogP contribution in [0.2, 0.25) is 0 Å². The van der Waals surface area contributed by atoms with Gasteiger partial charge >= 0.3 is 5.69 Å². The van der Waals surface area contributed by atoms with Gasteiger partial charge in [-0.2, -0.15) is 5.10 Å². The average molecular weight is 345 g/mol. The summed E-state index contributed by atoms with van der Waals surface area (Å²) in [6, 6.07) is 0.0332. The number of aromatic nitrogens is 6. The first-order chi connectivity index (χ1) is 12.1. The van der Waals surface area contributed by atoms with E-state index >= 15 is 0 Å². The third kappa shape index (κ3) is 3.10. The molecule has 4 rings (SSSR count). The first kappa shape index (κ1) is 16.0. The van der Waals surface area contributed by atoms with Gasteiger partial charge in [-0.1, -0.05) is 6.42 Å². The topological polar surface area (TPSA) is 99.6 Å². The molecule has 0 fully saturated rings. The molecule has 134 valence electrons. The number of aryl methyl sites for hydroxylation is 3. The summed E-state index contributed by atoms with van der Waals surface area (Å²) in [6.45, 7) is 3.27. The van der Waals surface area contributed by atoms with Crippen LogP contribution >= 0.6 is 0 Å². The number of nitrogens with zero attached hydrogens (tertiary/aromatic N) is 6. The Labute approximate surface area is 145 Å². The van der Waals surface area contributed by atoms with Crippen LogP contribution in [0.4, 0.5) is 0 Å². The lowest BCUT2D eigenvalue weighted by Crippen LogP contribution is -2.43. The highest BCUT2D eigenvalue weighted by molar-refractivity contribution is 5.75. The second kappa shape index (κ2) is 6.45. The van der Waals surface area contributed by atoms with Crippen molar-refractivity contribution in [3.63, 3.8) is 0 Å². The monoisotopic (exact) mass is 345 g/mol. The molecule has 2 aromatic heterocycles. The fourth-order valence-corrected chi connectivity index (χ4v) is 3.72. The van der Waals surface area contributed by atoms with Crippen LogP contribution in [0.5, 0.6) is 0 Å². The standard InChI is InChI=1S/C16H23N7O2/c1-11-18-19-13-7-6-12(9-22(11)13)17-15(24)10-23-16(25)21-8-4-2-3-5-14(21)20-23/h12H,2-10H2,1H3,(H,17,24)/t12-/m0/s1. The lowest BCUT2D eigenvalue weighted by molar-refractivity contribution is -0.122. The molecule has 0 bridgehead atoms. The van der Waals surface area contributed by atoms with Crippen LogP contribution in [0.15, 0.2) is 4.79 Å². The molecule has 2 aromatic rings. The van der Waals surface area contributed by atoms with E-state index in [0.717, 1.165) is 56.0 Å². The molecule has 25 heavy (non-hydrogen) atoms. The SMILES string of the molecule is Cc1nnc2n1C[C@@H](NC(=O)Cn1nc3n(c1=O)CCCCC3)CC2. The lowest BCUT2D eigenvalue weighted by Gasteiger charge is -2.24. The highest BCUT2D eigenvalue weighted by Gasteiger charge is 2.24. The van der Waals surface area contributed by atoms with Crippen LogP contribution < -0.4 is 11.0 Å². The van der Waals surface area contributed by atoms with E-state index < -0.39 is 0 Å². The molecule has 1 amide bonds. The number of fused-ring (bicyclic) bond motifs is 2. The van der Waals surface area contributed by atoms with Crippen molar-refractivity contribution in [3.8, 4) is 0 Å². The van der Waals surface area contributed by atoms with Crippen LogP contribution in [0.3, 0.4) is 0 Å². The van der Waals surface area contributed by atoms with Crippen LogP contribution in [0.1, 0.15) is 43.2 Å². The number of carbonyl (C=O) groups is 1. The summed E-state index contributed by atoms with van der Waals surface area (Å²) < 4.78 is 5.06. The van der Waals surface area contributed by atoms with Gasteiger partial charge in [-0.15, -0.1) is 10.2 Å². The molecule has 9 heteroatoms. The molecule has 9 nitrogen and oxygen atoms in total. The molecular weight excluding hydrogens is 322 g/mol. The predicted octanol–water partition coefficient (Wildman–Crippen LogP) is -0.198.